The molecule has 5 nitrogen and oxygen atoms in total. The molecule has 2 aromatic rings. The summed E-state index contributed by atoms with van der Waals surface area (Å²) < 4.78 is 1.82. The van der Waals surface area contributed by atoms with E-state index in [1.54, 1.807) is 30.5 Å². The third-order valence-electron chi connectivity index (χ3n) is 3.60. The molecule has 0 aliphatic rings. The predicted octanol–water partition coefficient (Wildman–Crippen LogP) is 2.36. The Hall–Kier alpha value is -2.08. The normalized spacial score (nSPS) is 11.5. The molecule has 2 rings (SSSR count). The molecule has 6 heteroatoms. The minimum Gasteiger partial charge on any atom is -0.356 e. The number of unbranched alkanes of at least 4 members (excludes halogenated alkanes) is 1. The first-order chi connectivity index (χ1) is 11.2. The van der Waals surface area contributed by atoms with Crippen LogP contribution in [0.2, 0.25) is 0 Å². The topological polar surface area (TPSA) is 58.4 Å². The van der Waals surface area contributed by atoms with Gasteiger partial charge in [-0.15, -0.1) is 11.3 Å². The lowest BCUT2D eigenvalue weighted by atomic mass is 10.3. The van der Waals surface area contributed by atoms with E-state index in [4.69, 9.17) is 0 Å². The molecule has 0 bridgehead atoms. The Morgan fingerprint density at radius 2 is 2.09 bits per heavy atom. The van der Waals surface area contributed by atoms with Crippen LogP contribution < -0.4 is 16.2 Å². The second-order valence-electron chi connectivity index (χ2n) is 5.30. The molecule has 0 unspecified atom stereocenters. The fourth-order valence-corrected chi connectivity index (χ4v) is 2.96. The highest BCUT2D eigenvalue weighted by molar-refractivity contribution is 7.09. The van der Waals surface area contributed by atoms with Gasteiger partial charge in [0, 0.05) is 36.8 Å². The van der Waals surface area contributed by atoms with Gasteiger partial charge in [0.25, 0.3) is 5.56 Å². The Labute approximate surface area is 141 Å². The van der Waals surface area contributed by atoms with Crippen molar-refractivity contribution in [1.82, 2.24) is 15.2 Å². The van der Waals surface area contributed by atoms with Crippen molar-refractivity contribution in [3.05, 3.63) is 56.6 Å². The van der Waals surface area contributed by atoms with Crippen LogP contribution in [0.5, 0.6) is 0 Å². The highest BCUT2D eigenvalue weighted by Gasteiger charge is 2.01. The van der Waals surface area contributed by atoms with Gasteiger partial charge in [-0.1, -0.05) is 12.1 Å². The molecule has 23 heavy (non-hydrogen) atoms. The molecule has 0 aliphatic carbocycles. The maximum absolute atomic E-state index is 11.8. The van der Waals surface area contributed by atoms with Gasteiger partial charge in [-0.3, -0.25) is 9.79 Å². The van der Waals surface area contributed by atoms with Gasteiger partial charge >= 0.3 is 0 Å². The summed E-state index contributed by atoms with van der Waals surface area (Å²) in [6.45, 7) is 4.35. The van der Waals surface area contributed by atoms with Gasteiger partial charge in [-0.2, -0.15) is 0 Å². The predicted molar refractivity (Wildman–Crippen MR) is 97.2 cm³/mol. The van der Waals surface area contributed by atoms with Gasteiger partial charge in [0.05, 0.1) is 6.54 Å². The summed E-state index contributed by atoms with van der Waals surface area (Å²) in [7, 11) is 1.77. The molecule has 0 fully saturated rings. The molecule has 0 aromatic carbocycles. The van der Waals surface area contributed by atoms with Gasteiger partial charge in [0.2, 0.25) is 0 Å². The number of guanidine groups is 1. The van der Waals surface area contributed by atoms with Crippen LogP contribution >= 0.6 is 11.3 Å². The monoisotopic (exact) mass is 332 g/mol. The van der Waals surface area contributed by atoms with Crippen molar-refractivity contribution < 1.29 is 0 Å². The fourth-order valence-electron chi connectivity index (χ4n) is 2.32. The second-order valence-corrected chi connectivity index (χ2v) is 6.33. The first-order valence-electron chi connectivity index (χ1n) is 7.84. The summed E-state index contributed by atoms with van der Waals surface area (Å²) in [6.07, 6.45) is 1.94. The van der Waals surface area contributed by atoms with E-state index in [1.165, 1.54) is 4.88 Å². The molecule has 0 saturated carbocycles. The van der Waals surface area contributed by atoms with Gasteiger partial charge in [-0.25, -0.2) is 0 Å². The number of pyridine rings is 1. The standard InChI is InChI=1S/C17H24N4OS/c1-14-7-5-9-16(22)21(14)11-4-3-10-19-17(18-2)20-13-15-8-6-12-23-15/h5-9,12H,3-4,10-11,13H2,1-2H3,(H2,18,19,20). The van der Waals surface area contributed by atoms with Crippen LogP contribution in [0.25, 0.3) is 0 Å². The van der Waals surface area contributed by atoms with Gasteiger partial charge in [0.15, 0.2) is 5.96 Å². The zero-order chi connectivity index (χ0) is 16.5. The number of aryl methyl sites for hydroxylation is 1. The van der Waals surface area contributed by atoms with Crippen LogP contribution in [0.4, 0.5) is 0 Å². The van der Waals surface area contributed by atoms with E-state index in [9.17, 15) is 4.79 Å². The molecular formula is C17H24N4OS. The Kier molecular flexibility index (Phi) is 6.87. The molecule has 0 spiro atoms. The van der Waals surface area contributed by atoms with E-state index in [0.717, 1.165) is 44.1 Å². The molecule has 2 heterocycles. The summed E-state index contributed by atoms with van der Waals surface area (Å²) in [5.41, 5.74) is 1.09. The third kappa shape index (κ3) is 5.56. The lowest BCUT2D eigenvalue weighted by molar-refractivity contribution is 0.575. The zero-order valence-electron chi connectivity index (χ0n) is 13.7. The van der Waals surface area contributed by atoms with Crippen LogP contribution in [0.15, 0.2) is 45.5 Å². The number of thiophene rings is 1. The molecule has 0 radical (unpaired) electrons. The van der Waals surface area contributed by atoms with Crippen molar-refractivity contribution in [2.45, 2.75) is 32.9 Å². The highest BCUT2D eigenvalue weighted by Crippen LogP contribution is 2.07. The first kappa shape index (κ1) is 17.3. The zero-order valence-corrected chi connectivity index (χ0v) is 14.5. The van der Waals surface area contributed by atoms with E-state index < -0.39 is 0 Å². The Bertz CT molecular complexity index is 676. The molecule has 0 atom stereocenters. The van der Waals surface area contributed by atoms with Crippen molar-refractivity contribution in [2.75, 3.05) is 13.6 Å². The number of nitrogens with zero attached hydrogens (tertiary/aromatic N) is 2. The second kappa shape index (κ2) is 9.15. The highest BCUT2D eigenvalue weighted by atomic mass is 32.1. The molecule has 0 saturated heterocycles. The van der Waals surface area contributed by atoms with Crippen molar-refractivity contribution in [1.29, 1.82) is 0 Å². The molecule has 2 aromatic heterocycles. The summed E-state index contributed by atoms with van der Waals surface area (Å²) >= 11 is 1.73. The quantitative estimate of drug-likeness (QED) is 0.465. The smallest absolute Gasteiger partial charge is 0.250 e. The Morgan fingerprint density at radius 1 is 1.22 bits per heavy atom. The minimum atomic E-state index is 0.0754. The van der Waals surface area contributed by atoms with E-state index in [0.29, 0.717) is 0 Å². The Balaban J connectivity index is 1.67. The fraction of sp³-hybridized carbons (Fsp3) is 0.412. The summed E-state index contributed by atoms with van der Waals surface area (Å²) in [5, 5.41) is 8.67. The molecule has 124 valence electrons. The Morgan fingerprint density at radius 3 is 2.78 bits per heavy atom. The van der Waals surface area contributed by atoms with Crippen molar-refractivity contribution >= 4 is 17.3 Å². The van der Waals surface area contributed by atoms with Crippen molar-refractivity contribution in [2.24, 2.45) is 4.99 Å². The van der Waals surface area contributed by atoms with Gasteiger partial charge in [-0.05, 0) is 37.3 Å². The van der Waals surface area contributed by atoms with E-state index in [2.05, 4.69) is 27.1 Å². The van der Waals surface area contributed by atoms with Crippen LogP contribution in [0, 0.1) is 6.92 Å². The average Bonchev–Trinajstić information content (AvgIpc) is 3.06. The average molecular weight is 332 g/mol. The molecule has 2 N–H and O–H groups in total. The van der Waals surface area contributed by atoms with Crippen LogP contribution in [-0.4, -0.2) is 24.1 Å². The van der Waals surface area contributed by atoms with E-state index >= 15 is 0 Å². The third-order valence-corrected chi connectivity index (χ3v) is 4.48. The number of hydrogen-bond acceptors (Lipinski definition) is 3. The lowest BCUT2D eigenvalue weighted by Crippen LogP contribution is -2.37. The lowest BCUT2D eigenvalue weighted by Gasteiger charge is -2.12. The van der Waals surface area contributed by atoms with Crippen LogP contribution in [0.3, 0.4) is 0 Å². The van der Waals surface area contributed by atoms with Crippen molar-refractivity contribution in [3.63, 3.8) is 0 Å². The number of nitrogens with one attached hydrogen (secondary N) is 2. The summed E-state index contributed by atoms with van der Waals surface area (Å²) in [4.78, 5) is 17.3. The summed E-state index contributed by atoms with van der Waals surface area (Å²) in [6, 6.07) is 9.53. The van der Waals surface area contributed by atoms with E-state index in [1.807, 2.05) is 23.6 Å². The maximum Gasteiger partial charge on any atom is 0.250 e. The number of aliphatic imine (C=N–C) groups is 1. The largest absolute Gasteiger partial charge is 0.356 e. The van der Waals surface area contributed by atoms with Crippen molar-refractivity contribution in [3.8, 4) is 0 Å². The van der Waals surface area contributed by atoms with Crippen LogP contribution in [-0.2, 0) is 13.1 Å². The van der Waals surface area contributed by atoms with Gasteiger partial charge < -0.3 is 15.2 Å². The SMILES string of the molecule is CN=C(NCCCCn1c(C)cccc1=O)NCc1cccs1. The molecule has 0 aliphatic heterocycles. The molecular weight excluding hydrogens is 308 g/mol. The van der Waals surface area contributed by atoms with Gasteiger partial charge in [0.1, 0.15) is 0 Å². The number of rotatable bonds is 7. The maximum atomic E-state index is 11.8. The summed E-state index contributed by atoms with van der Waals surface area (Å²) in [5.74, 6) is 0.812. The molecule has 0 amide bonds. The number of aromatic nitrogens is 1. The minimum absolute atomic E-state index is 0.0754. The van der Waals surface area contributed by atoms with E-state index in [-0.39, 0.29) is 5.56 Å². The number of hydrogen-bond donors (Lipinski definition) is 2. The van der Waals surface area contributed by atoms with Crippen LogP contribution in [0.1, 0.15) is 23.4 Å². The first-order valence-corrected chi connectivity index (χ1v) is 8.72.